The standard InChI is InChI=1S/C26H31ClN2O5/c1-16(17(2)28-22(30)20-7-5-6-8-21(20)24(32)33)23(31)29-14-13-26(34,25(3,4)15-29)18-9-11-19(27)12-10-18/h5-12,16-17,34H,13-15H2,1-4H3,(H,28,30)(H,32,33)/t16-,17?,26+/m1/s1. The van der Waals surface area contributed by atoms with Crippen molar-refractivity contribution >= 4 is 29.4 Å². The zero-order chi connectivity index (χ0) is 25.3. The lowest BCUT2D eigenvalue weighted by Crippen LogP contribution is -2.58. The Kier molecular flexibility index (Phi) is 7.38. The third kappa shape index (κ3) is 4.95. The summed E-state index contributed by atoms with van der Waals surface area (Å²) < 4.78 is 0. The summed E-state index contributed by atoms with van der Waals surface area (Å²) in [6.07, 6.45) is 0.368. The van der Waals surface area contributed by atoms with E-state index in [1.165, 1.54) is 12.1 Å². The van der Waals surface area contributed by atoms with Crippen molar-refractivity contribution in [3.05, 3.63) is 70.2 Å². The highest BCUT2D eigenvalue weighted by Gasteiger charge is 2.50. The first-order chi connectivity index (χ1) is 15.9. The SMILES string of the molecule is CC(NC(=O)c1ccccc1C(=O)O)[C@@H](C)C(=O)N1CC[C@](O)(c2ccc(Cl)cc2)C(C)(C)C1. The molecular formula is C26H31ClN2O5. The molecule has 2 aromatic carbocycles. The van der Waals surface area contributed by atoms with E-state index in [1.807, 2.05) is 26.0 Å². The minimum atomic E-state index is -1.19. The van der Waals surface area contributed by atoms with Gasteiger partial charge in [-0.25, -0.2) is 4.79 Å². The van der Waals surface area contributed by atoms with Crippen LogP contribution < -0.4 is 5.32 Å². The molecule has 0 bridgehead atoms. The summed E-state index contributed by atoms with van der Waals surface area (Å²) in [5.74, 6) is -2.41. The molecule has 182 valence electrons. The Hall–Kier alpha value is -2.90. The van der Waals surface area contributed by atoms with E-state index in [2.05, 4.69) is 5.32 Å². The molecule has 1 aliphatic rings. The van der Waals surface area contributed by atoms with Crippen LogP contribution in [0.5, 0.6) is 0 Å². The monoisotopic (exact) mass is 486 g/mol. The fourth-order valence-electron chi connectivity index (χ4n) is 4.55. The van der Waals surface area contributed by atoms with E-state index in [-0.39, 0.29) is 17.0 Å². The molecule has 0 radical (unpaired) electrons. The number of amides is 2. The van der Waals surface area contributed by atoms with Crippen molar-refractivity contribution in [3.63, 3.8) is 0 Å². The molecule has 3 atom stereocenters. The van der Waals surface area contributed by atoms with E-state index >= 15 is 0 Å². The minimum Gasteiger partial charge on any atom is -0.478 e. The van der Waals surface area contributed by atoms with Crippen LogP contribution in [0.4, 0.5) is 0 Å². The van der Waals surface area contributed by atoms with Crippen LogP contribution >= 0.6 is 11.6 Å². The molecule has 1 fully saturated rings. The minimum absolute atomic E-state index is 0.0497. The van der Waals surface area contributed by atoms with Crippen molar-refractivity contribution in [2.24, 2.45) is 11.3 Å². The van der Waals surface area contributed by atoms with Gasteiger partial charge >= 0.3 is 5.97 Å². The Bertz CT molecular complexity index is 1080. The topological polar surface area (TPSA) is 107 Å². The lowest BCUT2D eigenvalue weighted by Gasteiger charge is -2.51. The summed E-state index contributed by atoms with van der Waals surface area (Å²) in [6.45, 7) is 8.04. The second-order valence-electron chi connectivity index (χ2n) is 9.66. The molecule has 34 heavy (non-hydrogen) atoms. The molecule has 0 spiro atoms. The van der Waals surface area contributed by atoms with Crippen LogP contribution in [0.25, 0.3) is 0 Å². The molecule has 0 saturated carbocycles. The molecule has 2 amide bonds. The summed E-state index contributed by atoms with van der Waals surface area (Å²) >= 11 is 6.00. The van der Waals surface area contributed by atoms with Crippen LogP contribution in [-0.4, -0.2) is 52.0 Å². The summed E-state index contributed by atoms with van der Waals surface area (Å²) in [5, 5.41) is 24.2. The average Bonchev–Trinajstić information content (AvgIpc) is 2.80. The quantitative estimate of drug-likeness (QED) is 0.573. The third-order valence-corrected chi connectivity index (χ3v) is 7.24. The van der Waals surface area contributed by atoms with Crippen LogP contribution in [0.3, 0.4) is 0 Å². The van der Waals surface area contributed by atoms with Gasteiger partial charge < -0.3 is 20.4 Å². The number of hydrogen-bond acceptors (Lipinski definition) is 4. The number of hydrogen-bond donors (Lipinski definition) is 3. The number of carboxylic acids is 1. The molecule has 8 heteroatoms. The number of carboxylic acid groups (broad SMARTS) is 1. The van der Waals surface area contributed by atoms with Gasteiger partial charge in [0.25, 0.3) is 5.91 Å². The van der Waals surface area contributed by atoms with Gasteiger partial charge in [-0.2, -0.15) is 0 Å². The molecule has 1 saturated heterocycles. The summed E-state index contributed by atoms with van der Waals surface area (Å²) in [6, 6.07) is 12.6. The van der Waals surface area contributed by atoms with Crippen molar-refractivity contribution in [3.8, 4) is 0 Å². The molecule has 3 rings (SSSR count). The van der Waals surface area contributed by atoms with Gasteiger partial charge in [0, 0.05) is 29.6 Å². The Morgan fingerprint density at radius 1 is 1.03 bits per heavy atom. The second kappa shape index (κ2) is 9.76. The summed E-state index contributed by atoms with van der Waals surface area (Å²) in [4.78, 5) is 39.2. The predicted molar refractivity (Wildman–Crippen MR) is 130 cm³/mol. The number of carbonyl (C=O) groups is 3. The molecule has 3 N–H and O–H groups in total. The second-order valence-corrected chi connectivity index (χ2v) is 10.1. The van der Waals surface area contributed by atoms with Gasteiger partial charge in [0.2, 0.25) is 5.91 Å². The molecule has 1 heterocycles. The van der Waals surface area contributed by atoms with Crippen molar-refractivity contribution in [2.45, 2.75) is 45.8 Å². The summed E-state index contributed by atoms with van der Waals surface area (Å²) in [7, 11) is 0. The number of aromatic carboxylic acids is 1. The van der Waals surface area contributed by atoms with E-state index in [9.17, 15) is 24.6 Å². The zero-order valence-corrected chi connectivity index (χ0v) is 20.6. The maximum atomic E-state index is 13.3. The van der Waals surface area contributed by atoms with Gasteiger partial charge in [0.15, 0.2) is 0 Å². The average molecular weight is 487 g/mol. The number of piperidine rings is 1. The van der Waals surface area contributed by atoms with Crippen molar-refractivity contribution in [1.29, 1.82) is 0 Å². The van der Waals surface area contributed by atoms with E-state index in [0.29, 0.717) is 24.5 Å². The van der Waals surface area contributed by atoms with Crippen LogP contribution in [0.15, 0.2) is 48.5 Å². The Morgan fingerprint density at radius 2 is 1.62 bits per heavy atom. The smallest absolute Gasteiger partial charge is 0.336 e. The fourth-order valence-corrected chi connectivity index (χ4v) is 4.68. The largest absolute Gasteiger partial charge is 0.478 e. The van der Waals surface area contributed by atoms with Gasteiger partial charge in [-0.3, -0.25) is 9.59 Å². The highest BCUT2D eigenvalue weighted by Crippen LogP contribution is 2.46. The van der Waals surface area contributed by atoms with Crippen molar-refractivity contribution in [1.82, 2.24) is 10.2 Å². The van der Waals surface area contributed by atoms with E-state index in [1.54, 1.807) is 43.0 Å². The predicted octanol–water partition coefficient (Wildman–Crippen LogP) is 3.94. The number of nitrogens with zero attached hydrogens (tertiary/aromatic N) is 1. The number of halogens is 1. The normalized spacial score (nSPS) is 21.4. The maximum absolute atomic E-state index is 13.3. The lowest BCUT2D eigenvalue weighted by molar-refractivity contribution is -0.156. The van der Waals surface area contributed by atoms with Gasteiger partial charge in [-0.1, -0.05) is 56.6 Å². The van der Waals surface area contributed by atoms with Crippen LogP contribution in [0, 0.1) is 11.3 Å². The Balaban J connectivity index is 1.70. The van der Waals surface area contributed by atoms with Crippen LogP contribution in [0.1, 0.15) is 60.4 Å². The van der Waals surface area contributed by atoms with Gasteiger partial charge in [0.05, 0.1) is 22.6 Å². The van der Waals surface area contributed by atoms with Crippen molar-refractivity contribution < 1.29 is 24.6 Å². The number of rotatable bonds is 6. The van der Waals surface area contributed by atoms with Crippen LogP contribution in [-0.2, 0) is 10.4 Å². The highest BCUT2D eigenvalue weighted by atomic mass is 35.5. The third-order valence-electron chi connectivity index (χ3n) is 6.98. The molecule has 1 aliphatic heterocycles. The number of benzene rings is 2. The van der Waals surface area contributed by atoms with Crippen molar-refractivity contribution in [2.75, 3.05) is 13.1 Å². The molecule has 2 aromatic rings. The highest BCUT2D eigenvalue weighted by molar-refractivity contribution is 6.30. The number of aliphatic hydroxyl groups is 1. The molecule has 0 aliphatic carbocycles. The number of likely N-dealkylation sites (tertiary alicyclic amines) is 1. The lowest BCUT2D eigenvalue weighted by atomic mass is 9.66. The van der Waals surface area contributed by atoms with E-state index < -0.39 is 34.9 Å². The first kappa shape index (κ1) is 25.7. The first-order valence-electron chi connectivity index (χ1n) is 11.3. The van der Waals surface area contributed by atoms with E-state index in [0.717, 1.165) is 5.56 Å². The van der Waals surface area contributed by atoms with Crippen LogP contribution in [0.2, 0.25) is 5.02 Å². The Labute approximate surface area is 204 Å². The molecule has 7 nitrogen and oxygen atoms in total. The Morgan fingerprint density at radius 3 is 2.18 bits per heavy atom. The molecule has 0 aromatic heterocycles. The zero-order valence-electron chi connectivity index (χ0n) is 19.8. The number of carbonyl (C=O) groups excluding carboxylic acids is 2. The fraction of sp³-hybridized carbons (Fsp3) is 0.423. The first-order valence-corrected chi connectivity index (χ1v) is 11.7. The maximum Gasteiger partial charge on any atom is 0.336 e. The van der Waals surface area contributed by atoms with Gasteiger partial charge in [-0.05, 0) is 43.2 Å². The number of nitrogens with one attached hydrogen (secondary N) is 1. The molecule has 1 unspecified atom stereocenters. The molecular weight excluding hydrogens is 456 g/mol. The summed E-state index contributed by atoms with van der Waals surface area (Å²) in [5.41, 5.74) is -1.02. The van der Waals surface area contributed by atoms with Gasteiger partial charge in [-0.15, -0.1) is 0 Å². The van der Waals surface area contributed by atoms with Gasteiger partial charge in [0.1, 0.15) is 0 Å². The van der Waals surface area contributed by atoms with E-state index in [4.69, 9.17) is 11.6 Å².